The molecule has 0 bridgehead atoms. The van der Waals surface area contributed by atoms with E-state index in [1.807, 2.05) is 30.3 Å². The highest BCUT2D eigenvalue weighted by Gasteiger charge is 2.09. The number of benzene rings is 1. The molecule has 16 heavy (non-hydrogen) atoms. The van der Waals surface area contributed by atoms with Gasteiger partial charge in [0.15, 0.2) is 5.78 Å². The second kappa shape index (κ2) is 5.08. The number of aromatic nitrogens is 1. The molecule has 0 amide bonds. The first kappa shape index (κ1) is 11.1. The average Bonchev–Trinajstić information content (AvgIpc) is 2.35. The Balaban J connectivity index is 2.40. The van der Waals surface area contributed by atoms with Crippen molar-refractivity contribution in [3.05, 3.63) is 42.1 Å². The molecule has 0 aliphatic carbocycles. The van der Waals surface area contributed by atoms with Crippen molar-refractivity contribution in [2.24, 2.45) is 0 Å². The number of carbonyl (C=O) groups is 1. The van der Waals surface area contributed by atoms with Crippen LogP contribution in [0, 0.1) is 0 Å². The third kappa shape index (κ3) is 2.22. The summed E-state index contributed by atoms with van der Waals surface area (Å²) in [5, 5.41) is 0.999. The van der Waals surface area contributed by atoms with Crippen LogP contribution in [0.5, 0.6) is 0 Å². The van der Waals surface area contributed by atoms with E-state index in [4.69, 9.17) is 11.6 Å². The Hall–Kier alpha value is -1.41. The number of Topliss-reactive ketones (excluding diaryl/α,β-unsaturated/α-hetero) is 1. The van der Waals surface area contributed by atoms with Crippen LogP contribution < -0.4 is 0 Å². The Bertz CT molecular complexity index is 505. The maximum atomic E-state index is 11.9. The van der Waals surface area contributed by atoms with E-state index < -0.39 is 0 Å². The number of ketones is 1. The molecule has 2 aromatic rings. The van der Waals surface area contributed by atoms with Gasteiger partial charge in [-0.2, -0.15) is 0 Å². The van der Waals surface area contributed by atoms with Gasteiger partial charge < -0.3 is 0 Å². The van der Waals surface area contributed by atoms with E-state index in [0.717, 1.165) is 10.9 Å². The Labute approximate surface area is 99.3 Å². The smallest absolute Gasteiger partial charge is 0.165 e. The first-order valence-corrected chi connectivity index (χ1v) is 5.79. The van der Waals surface area contributed by atoms with E-state index in [1.54, 1.807) is 6.20 Å². The topological polar surface area (TPSA) is 30.0 Å². The summed E-state index contributed by atoms with van der Waals surface area (Å²) in [5.41, 5.74) is 1.48. The van der Waals surface area contributed by atoms with Crippen molar-refractivity contribution >= 4 is 28.3 Å². The molecule has 0 N–H and O–H groups in total. The Morgan fingerprint density at radius 3 is 2.88 bits per heavy atom. The number of hydrogen-bond acceptors (Lipinski definition) is 2. The summed E-state index contributed by atoms with van der Waals surface area (Å²) in [6.07, 6.45) is 2.91. The van der Waals surface area contributed by atoms with Crippen molar-refractivity contribution in [2.75, 3.05) is 5.88 Å². The maximum Gasteiger partial charge on any atom is 0.165 e. The summed E-state index contributed by atoms with van der Waals surface area (Å²) in [5.74, 6) is 0.633. The van der Waals surface area contributed by atoms with Crippen molar-refractivity contribution in [1.82, 2.24) is 4.98 Å². The maximum absolute atomic E-state index is 11.9. The monoisotopic (exact) mass is 233 g/mol. The van der Waals surface area contributed by atoms with Crippen LogP contribution in [0.3, 0.4) is 0 Å². The van der Waals surface area contributed by atoms with Gasteiger partial charge in [-0.15, -0.1) is 11.6 Å². The molecule has 0 atom stereocenters. The summed E-state index contributed by atoms with van der Waals surface area (Å²) in [6, 6.07) is 9.50. The molecular weight excluding hydrogens is 222 g/mol. The van der Waals surface area contributed by atoms with Crippen LogP contribution in [0.15, 0.2) is 36.5 Å². The fourth-order valence-electron chi connectivity index (χ4n) is 1.69. The van der Waals surface area contributed by atoms with Gasteiger partial charge in [0.2, 0.25) is 0 Å². The van der Waals surface area contributed by atoms with E-state index >= 15 is 0 Å². The number of carbonyl (C=O) groups excluding carboxylic acids is 1. The number of nitrogens with zero attached hydrogens (tertiary/aromatic N) is 1. The van der Waals surface area contributed by atoms with Crippen molar-refractivity contribution in [3.8, 4) is 0 Å². The number of hydrogen-bond donors (Lipinski definition) is 0. The molecular formula is C13H12ClNO. The molecule has 0 saturated heterocycles. The lowest BCUT2D eigenvalue weighted by molar-refractivity contribution is 0.0983. The van der Waals surface area contributed by atoms with Crippen molar-refractivity contribution in [3.63, 3.8) is 0 Å². The number of para-hydroxylation sites is 1. The molecule has 1 aromatic heterocycles. The van der Waals surface area contributed by atoms with E-state index in [1.165, 1.54) is 0 Å². The minimum atomic E-state index is 0.116. The van der Waals surface area contributed by atoms with Crippen LogP contribution in [0.25, 0.3) is 10.9 Å². The third-order valence-electron chi connectivity index (χ3n) is 2.47. The number of alkyl halides is 1. The first-order chi connectivity index (χ1) is 7.83. The van der Waals surface area contributed by atoms with Gasteiger partial charge in [0.25, 0.3) is 0 Å². The lowest BCUT2D eigenvalue weighted by atomic mass is 10.0. The average molecular weight is 234 g/mol. The number of pyridine rings is 1. The zero-order chi connectivity index (χ0) is 11.4. The molecule has 1 heterocycles. The van der Waals surface area contributed by atoms with E-state index in [0.29, 0.717) is 24.3 Å². The van der Waals surface area contributed by atoms with E-state index in [9.17, 15) is 4.79 Å². The highest BCUT2D eigenvalue weighted by Crippen LogP contribution is 2.17. The summed E-state index contributed by atoms with van der Waals surface area (Å²) in [7, 11) is 0. The zero-order valence-corrected chi connectivity index (χ0v) is 9.57. The van der Waals surface area contributed by atoms with Crippen molar-refractivity contribution in [1.29, 1.82) is 0 Å². The van der Waals surface area contributed by atoms with Gasteiger partial charge in [0.05, 0.1) is 5.52 Å². The van der Waals surface area contributed by atoms with E-state index in [-0.39, 0.29) is 5.78 Å². The number of fused-ring (bicyclic) bond motifs is 1. The standard InChI is InChI=1S/C13H12ClNO/c14-8-2-7-12(16)11-6-1-4-10-5-3-9-15-13(10)11/h1,3-6,9H,2,7-8H2. The SMILES string of the molecule is O=C(CCCCl)c1cccc2cccnc12. The van der Waals surface area contributed by atoms with E-state index in [2.05, 4.69) is 4.98 Å². The Morgan fingerprint density at radius 2 is 2.06 bits per heavy atom. The predicted molar refractivity (Wildman–Crippen MR) is 66.0 cm³/mol. The number of halogens is 1. The van der Waals surface area contributed by atoms with Crippen molar-refractivity contribution < 1.29 is 4.79 Å². The summed E-state index contributed by atoms with van der Waals surface area (Å²) < 4.78 is 0. The Kier molecular flexibility index (Phi) is 3.52. The second-order valence-electron chi connectivity index (χ2n) is 3.60. The van der Waals surface area contributed by atoms with Crippen LogP contribution in [0.1, 0.15) is 23.2 Å². The first-order valence-electron chi connectivity index (χ1n) is 5.26. The molecule has 0 radical (unpaired) electrons. The molecule has 0 spiro atoms. The fraction of sp³-hybridized carbons (Fsp3) is 0.231. The predicted octanol–water partition coefficient (Wildman–Crippen LogP) is 3.44. The second-order valence-corrected chi connectivity index (χ2v) is 3.97. The molecule has 0 fully saturated rings. The molecule has 2 rings (SSSR count). The molecule has 1 aromatic carbocycles. The van der Waals surface area contributed by atoms with Crippen LogP contribution in [0.4, 0.5) is 0 Å². The fourth-order valence-corrected chi connectivity index (χ4v) is 1.82. The van der Waals surface area contributed by atoms with Crippen molar-refractivity contribution in [2.45, 2.75) is 12.8 Å². The summed E-state index contributed by atoms with van der Waals surface area (Å²) >= 11 is 5.58. The van der Waals surface area contributed by atoms with Gasteiger partial charge in [-0.1, -0.05) is 18.2 Å². The van der Waals surface area contributed by atoms with Crippen LogP contribution in [-0.2, 0) is 0 Å². The van der Waals surface area contributed by atoms with Gasteiger partial charge in [-0.3, -0.25) is 9.78 Å². The molecule has 82 valence electrons. The molecule has 0 saturated carbocycles. The van der Waals surface area contributed by atoms with Crippen LogP contribution in [0.2, 0.25) is 0 Å². The highest BCUT2D eigenvalue weighted by molar-refractivity contribution is 6.18. The molecule has 0 unspecified atom stereocenters. The highest BCUT2D eigenvalue weighted by atomic mass is 35.5. The lowest BCUT2D eigenvalue weighted by Crippen LogP contribution is -2.01. The lowest BCUT2D eigenvalue weighted by Gasteiger charge is -2.03. The molecule has 0 aliphatic heterocycles. The normalized spacial score (nSPS) is 10.6. The summed E-state index contributed by atoms with van der Waals surface area (Å²) in [4.78, 5) is 16.2. The minimum absolute atomic E-state index is 0.116. The number of rotatable bonds is 4. The van der Waals surface area contributed by atoms with Gasteiger partial charge in [0.1, 0.15) is 0 Å². The van der Waals surface area contributed by atoms with Gasteiger partial charge in [-0.05, 0) is 18.6 Å². The van der Waals surface area contributed by atoms with Gasteiger partial charge in [0, 0.05) is 29.4 Å². The molecule has 0 aliphatic rings. The van der Waals surface area contributed by atoms with Crippen LogP contribution in [-0.4, -0.2) is 16.6 Å². The zero-order valence-electron chi connectivity index (χ0n) is 8.82. The quantitative estimate of drug-likeness (QED) is 0.598. The molecule has 2 nitrogen and oxygen atoms in total. The van der Waals surface area contributed by atoms with Gasteiger partial charge in [-0.25, -0.2) is 0 Å². The summed E-state index contributed by atoms with van der Waals surface area (Å²) in [6.45, 7) is 0. The largest absolute Gasteiger partial charge is 0.294 e. The minimum Gasteiger partial charge on any atom is -0.294 e. The van der Waals surface area contributed by atoms with Gasteiger partial charge >= 0.3 is 0 Å². The third-order valence-corrected chi connectivity index (χ3v) is 2.74. The Morgan fingerprint density at radius 1 is 1.25 bits per heavy atom. The molecule has 3 heteroatoms. The van der Waals surface area contributed by atoms with Crippen LogP contribution >= 0.6 is 11.6 Å².